The van der Waals surface area contributed by atoms with E-state index in [9.17, 15) is 4.79 Å². The van der Waals surface area contributed by atoms with Crippen molar-refractivity contribution in [3.05, 3.63) is 34.3 Å². The molecule has 1 aromatic carbocycles. The number of thioether (sulfide) groups is 1. The molecule has 0 aromatic heterocycles. The number of amides is 1. The van der Waals surface area contributed by atoms with E-state index in [-0.39, 0.29) is 12.0 Å². The molecule has 0 radical (unpaired) electrons. The van der Waals surface area contributed by atoms with Crippen LogP contribution in [0, 0.1) is 0 Å². The zero-order valence-electron chi connectivity index (χ0n) is 10.6. The maximum atomic E-state index is 11.9. The van der Waals surface area contributed by atoms with E-state index in [0.29, 0.717) is 12.1 Å². The van der Waals surface area contributed by atoms with Crippen molar-refractivity contribution in [3.8, 4) is 0 Å². The number of ether oxygens (including phenoxy) is 1. The summed E-state index contributed by atoms with van der Waals surface area (Å²) in [4.78, 5) is 11.9. The average Bonchev–Trinajstić information content (AvgIpc) is 2.38. The van der Waals surface area contributed by atoms with E-state index >= 15 is 0 Å². The molecule has 0 aliphatic carbocycles. The average molecular weight is 332 g/mol. The number of rotatable bonds is 7. The largest absolute Gasteiger partial charge is 0.380 e. The number of methoxy groups -OCH3 is 1. The molecule has 1 unspecified atom stereocenters. The van der Waals surface area contributed by atoms with Crippen LogP contribution in [0.15, 0.2) is 28.7 Å². The third-order valence-corrected chi connectivity index (χ3v) is 3.69. The highest BCUT2D eigenvalue weighted by Gasteiger charge is 2.10. The predicted molar refractivity (Wildman–Crippen MR) is 80.3 cm³/mol. The Hall–Kier alpha value is -0.520. The Kier molecular flexibility index (Phi) is 7.39. The summed E-state index contributed by atoms with van der Waals surface area (Å²) in [5.41, 5.74) is 0.657. The topological polar surface area (TPSA) is 38.3 Å². The van der Waals surface area contributed by atoms with E-state index in [1.165, 1.54) is 0 Å². The highest BCUT2D eigenvalue weighted by atomic mass is 79.9. The van der Waals surface area contributed by atoms with E-state index in [4.69, 9.17) is 4.74 Å². The second-order valence-corrected chi connectivity index (χ2v) is 5.76. The molecular weight excluding hydrogens is 314 g/mol. The lowest BCUT2D eigenvalue weighted by Crippen LogP contribution is -2.33. The van der Waals surface area contributed by atoms with Crippen molar-refractivity contribution in [2.75, 3.05) is 25.7 Å². The molecule has 0 spiro atoms. The first-order valence-electron chi connectivity index (χ1n) is 5.73. The molecule has 0 aliphatic heterocycles. The zero-order valence-corrected chi connectivity index (χ0v) is 13.0. The van der Waals surface area contributed by atoms with Crippen LogP contribution in [0.25, 0.3) is 0 Å². The standard InChI is InChI=1S/C13H18BrNO2S/c1-17-12(6-7-18-2)9-15-13(16)10-4-3-5-11(14)8-10/h3-5,8,12H,6-7,9H2,1-2H3,(H,15,16). The van der Waals surface area contributed by atoms with E-state index < -0.39 is 0 Å². The predicted octanol–water partition coefficient (Wildman–Crippen LogP) is 2.95. The SMILES string of the molecule is COC(CCSC)CNC(=O)c1cccc(Br)c1. The summed E-state index contributed by atoms with van der Waals surface area (Å²) in [6, 6.07) is 7.34. The highest BCUT2D eigenvalue weighted by molar-refractivity contribution is 9.10. The molecule has 0 saturated heterocycles. The van der Waals surface area contributed by atoms with Crippen LogP contribution in [0.3, 0.4) is 0 Å². The van der Waals surface area contributed by atoms with Crippen LogP contribution in [0.1, 0.15) is 16.8 Å². The second kappa shape index (κ2) is 8.56. The molecule has 1 amide bonds. The molecule has 1 aromatic rings. The van der Waals surface area contributed by atoms with Crippen molar-refractivity contribution in [1.82, 2.24) is 5.32 Å². The van der Waals surface area contributed by atoms with Crippen LogP contribution in [-0.2, 0) is 4.74 Å². The molecule has 100 valence electrons. The smallest absolute Gasteiger partial charge is 0.251 e. The lowest BCUT2D eigenvalue weighted by atomic mass is 10.2. The molecular formula is C13H18BrNO2S. The Bertz CT molecular complexity index is 387. The molecule has 1 N–H and O–H groups in total. The Labute approximate surface area is 121 Å². The monoisotopic (exact) mass is 331 g/mol. The van der Waals surface area contributed by atoms with Gasteiger partial charge in [-0.3, -0.25) is 4.79 Å². The molecule has 1 atom stereocenters. The van der Waals surface area contributed by atoms with Gasteiger partial charge in [0.15, 0.2) is 0 Å². The molecule has 1 rings (SSSR count). The second-order valence-electron chi connectivity index (χ2n) is 3.86. The van der Waals surface area contributed by atoms with Gasteiger partial charge >= 0.3 is 0 Å². The van der Waals surface area contributed by atoms with Crippen molar-refractivity contribution in [2.45, 2.75) is 12.5 Å². The molecule has 5 heteroatoms. The first-order valence-corrected chi connectivity index (χ1v) is 7.91. The summed E-state index contributed by atoms with van der Waals surface area (Å²) < 4.78 is 6.23. The van der Waals surface area contributed by atoms with Gasteiger partial charge in [-0.15, -0.1) is 0 Å². The van der Waals surface area contributed by atoms with Crippen LogP contribution < -0.4 is 5.32 Å². The maximum Gasteiger partial charge on any atom is 0.251 e. The molecule has 0 heterocycles. The van der Waals surface area contributed by atoms with Gasteiger partial charge in [-0.25, -0.2) is 0 Å². The van der Waals surface area contributed by atoms with Gasteiger partial charge in [-0.1, -0.05) is 22.0 Å². The fraction of sp³-hybridized carbons (Fsp3) is 0.462. The number of benzene rings is 1. The van der Waals surface area contributed by atoms with Crippen molar-refractivity contribution in [2.24, 2.45) is 0 Å². The van der Waals surface area contributed by atoms with Gasteiger partial charge in [-0.05, 0) is 36.6 Å². The number of carbonyl (C=O) groups is 1. The summed E-state index contributed by atoms with van der Waals surface area (Å²) in [6.45, 7) is 0.544. The number of halogens is 1. The maximum absolute atomic E-state index is 11.9. The van der Waals surface area contributed by atoms with Gasteiger partial charge in [0.2, 0.25) is 0 Å². The first kappa shape index (κ1) is 15.5. The summed E-state index contributed by atoms with van der Waals surface area (Å²) in [7, 11) is 1.68. The van der Waals surface area contributed by atoms with E-state index in [1.807, 2.05) is 12.1 Å². The zero-order chi connectivity index (χ0) is 13.4. The van der Waals surface area contributed by atoms with Gasteiger partial charge in [0, 0.05) is 23.7 Å². The summed E-state index contributed by atoms with van der Waals surface area (Å²) in [5.74, 6) is 0.966. The van der Waals surface area contributed by atoms with Crippen LogP contribution in [0.4, 0.5) is 0 Å². The fourth-order valence-electron chi connectivity index (χ4n) is 1.49. The molecule has 3 nitrogen and oxygen atoms in total. The van der Waals surface area contributed by atoms with Gasteiger partial charge in [0.25, 0.3) is 5.91 Å². The molecule has 0 saturated carbocycles. The normalized spacial score (nSPS) is 12.2. The summed E-state index contributed by atoms with van der Waals surface area (Å²) in [5, 5.41) is 2.89. The molecule has 18 heavy (non-hydrogen) atoms. The number of nitrogens with one attached hydrogen (secondary N) is 1. The Morgan fingerprint density at radius 3 is 2.94 bits per heavy atom. The van der Waals surface area contributed by atoms with Crippen LogP contribution >= 0.6 is 27.7 Å². The Morgan fingerprint density at radius 1 is 1.56 bits per heavy atom. The third kappa shape index (κ3) is 5.42. The quantitative estimate of drug-likeness (QED) is 0.834. The number of hydrogen-bond donors (Lipinski definition) is 1. The minimum absolute atomic E-state index is 0.0671. The van der Waals surface area contributed by atoms with E-state index in [1.54, 1.807) is 31.0 Å². The van der Waals surface area contributed by atoms with Crippen molar-refractivity contribution in [3.63, 3.8) is 0 Å². The number of hydrogen-bond acceptors (Lipinski definition) is 3. The van der Waals surface area contributed by atoms with E-state index in [0.717, 1.165) is 16.6 Å². The van der Waals surface area contributed by atoms with Crippen LogP contribution in [-0.4, -0.2) is 37.7 Å². The Morgan fingerprint density at radius 2 is 2.33 bits per heavy atom. The van der Waals surface area contributed by atoms with E-state index in [2.05, 4.69) is 27.5 Å². The minimum Gasteiger partial charge on any atom is -0.380 e. The minimum atomic E-state index is -0.0671. The van der Waals surface area contributed by atoms with Gasteiger partial charge in [0.05, 0.1) is 6.10 Å². The number of carbonyl (C=O) groups excluding carboxylic acids is 1. The first-order chi connectivity index (χ1) is 8.67. The lowest BCUT2D eigenvalue weighted by Gasteiger charge is -2.15. The van der Waals surface area contributed by atoms with Gasteiger partial charge in [0.1, 0.15) is 0 Å². The molecule has 0 bridgehead atoms. The van der Waals surface area contributed by atoms with Gasteiger partial charge < -0.3 is 10.1 Å². The fourth-order valence-corrected chi connectivity index (χ4v) is 2.39. The highest BCUT2D eigenvalue weighted by Crippen LogP contribution is 2.11. The summed E-state index contributed by atoms with van der Waals surface area (Å²) >= 11 is 5.13. The lowest BCUT2D eigenvalue weighted by molar-refractivity contribution is 0.0819. The van der Waals surface area contributed by atoms with Crippen molar-refractivity contribution >= 4 is 33.6 Å². The van der Waals surface area contributed by atoms with Crippen LogP contribution in [0.5, 0.6) is 0 Å². The van der Waals surface area contributed by atoms with Crippen molar-refractivity contribution < 1.29 is 9.53 Å². The van der Waals surface area contributed by atoms with Gasteiger partial charge in [-0.2, -0.15) is 11.8 Å². The Balaban J connectivity index is 2.44. The van der Waals surface area contributed by atoms with Crippen LogP contribution in [0.2, 0.25) is 0 Å². The third-order valence-electron chi connectivity index (χ3n) is 2.55. The summed E-state index contributed by atoms with van der Waals surface area (Å²) in [6.07, 6.45) is 3.08. The molecule has 0 aliphatic rings. The molecule has 0 fully saturated rings. The van der Waals surface area contributed by atoms with Crippen molar-refractivity contribution in [1.29, 1.82) is 0 Å².